The van der Waals surface area contributed by atoms with Crippen molar-refractivity contribution in [2.75, 3.05) is 18.2 Å². The first-order valence-corrected chi connectivity index (χ1v) is 9.08. The fourth-order valence-electron chi connectivity index (χ4n) is 2.15. The molecule has 0 aliphatic carbocycles. The molecule has 0 saturated heterocycles. The number of carbonyl (C=O) groups excluding carboxylic acids is 1. The van der Waals surface area contributed by atoms with Gasteiger partial charge >= 0.3 is 0 Å². The molecule has 1 amide bonds. The quantitative estimate of drug-likeness (QED) is 0.898. The number of ether oxygens (including phenoxy) is 1. The third kappa shape index (κ3) is 4.09. The number of amides is 1. The molecule has 0 unspecified atom stereocenters. The smallest absolute Gasteiger partial charge is 0.234 e. The van der Waals surface area contributed by atoms with Gasteiger partial charge in [0.05, 0.1) is 24.2 Å². The first-order chi connectivity index (χ1) is 11.3. The van der Waals surface area contributed by atoms with Crippen LogP contribution in [0.3, 0.4) is 0 Å². The Bertz CT molecular complexity index is 747. The SMILES string of the molecule is COc1ccccc1NC(=O)CSC1=Nc2ccccc2CS1. The Labute approximate surface area is 143 Å². The molecule has 3 rings (SSSR count). The number of thioether (sulfide) groups is 2. The number of rotatable bonds is 4. The van der Waals surface area contributed by atoms with Gasteiger partial charge in [-0.2, -0.15) is 0 Å². The summed E-state index contributed by atoms with van der Waals surface area (Å²) < 4.78 is 6.16. The number of fused-ring (bicyclic) bond motifs is 1. The summed E-state index contributed by atoms with van der Waals surface area (Å²) in [7, 11) is 1.59. The summed E-state index contributed by atoms with van der Waals surface area (Å²) in [6.45, 7) is 0. The standard InChI is InChI=1S/C17H16N2O2S2/c1-21-15-9-5-4-8-14(15)18-16(20)11-23-17-19-13-7-3-2-6-12(13)10-22-17/h2-9H,10-11H2,1H3,(H,18,20). The van der Waals surface area contributed by atoms with Crippen molar-refractivity contribution in [2.45, 2.75) is 5.75 Å². The molecule has 1 heterocycles. The molecule has 0 aromatic heterocycles. The van der Waals surface area contributed by atoms with Crippen molar-refractivity contribution in [3.63, 3.8) is 0 Å². The van der Waals surface area contributed by atoms with Gasteiger partial charge in [0.15, 0.2) is 0 Å². The summed E-state index contributed by atoms with van der Waals surface area (Å²) in [6.07, 6.45) is 0. The average Bonchev–Trinajstić information content (AvgIpc) is 2.60. The fraction of sp³-hybridized carbons (Fsp3) is 0.176. The van der Waals surface area contributed by atoms with E-state index in [2.05, 4.69) is 16.4 Å². The van der Waals surface area contributed by atoms with Gasteiger partial charge in [0.2, 0.25) is 5.91 Å². The van der Waals surface area contributed by atoms with Crippen molar-refractivity contribution in [3.8, 4) is 5.75 Å². The first-order valence-electron chi connectivity index (χ1n) is 7.11. The Morgan fingerprint density at radius 2 is 2.04 bits per heavy atom. The van der Waals surface area contributed by atoms with E-state index in [4.69, 9.17) is 4.74 Å². The predicted octanol–water partition coefficient (Wildman–Crippen LogP) is 4.30. The zero-order chi connectivity index (χ0) is 16.1. The Balaban J connectivity index is 1.59. The molecule has 6 heteroatoms. The molecule has 0 fully saturated rings. The van der Waals surface area contributed by atoms with Crippen molar-refractivity contribution in [3.05, 3.63) is 54.1 Å². The molecular formula is C17H16N2O2S2. The Kier molecular flexibility index (Phi) is 5.25. The van der Waals surface area contributed by atoms with Crippen LogP contribution in [0.5, 0.6) is 5.75 Å². The van der Waals surface area contributed by atoms with Gasteiger partial charge in [-0.1, -0.05) is 53.9 Å². The van der Waals surface area contributed by atoms with Gasteiger partial charge in [-0.15, -0.1) is 0 Å². The molecule has 0 saturated carbocycles. The molecule has 0 bridgehead atoms. The first kappa shape index (κ1) is 16.0. The number of anilines is 1. The van der Waals surface area contributed by atoms with Crippen LogP contribution < -0.4 is 10.1 Å². The van der Waals surface area contributed by atoms with E-state index in [9.17, 15) is 4.79 Å². The van der Waals surface area contributed by atoms with Crippen LogP contribution in [0.15, 0.2) is 53.5 Å². The second-order valence-electron chi connectivity index (χ2n) is 4.83. The minimum absolute atomic E-state index is 0.0679. The van der Waals surface area contributed by atoms with Crippen molar-refractivity contribution in [1.82, 2.24) is 0 Å². The van der Waals surface area contributed by atoms with Gasteiger partial charge < -0.3 is 10.1 Å². The number of nitrogens with one attached hydrogen (secondary N) is 1. The molecule has 1 aliphatic rings. The minimum Gasteiger partial charge on any atom is -0.495 e. The molecule has 0 radical (unpaired) electrons. The van der Waals surface area contributed by atoms with Gasteiger partial charge in [-0.25, -0.2) is 4.99 Å². The molecule has 0 atom stereocenters. The van der Waals surface area contributed by atoms with Crippen LogP contribution in [-0.4, -0.2) is 23.1 Å². The molecule has 1 aliphatic heterocycles. The van der Waals surface area contributed by atoms with E-state index in [0.29, 0.717) is 17.2 Å². The highest BCUT2D eigenvalue weighted by molar-refractivity contribution is 8.38. The number of aliphatic imine (C=N–C) groups is 1. The monoisotopic (exact) mass is 344 g/mol. The number of hydrogen-bond donors (Lipinski definition) is 1. The lowest BCUT2D eigenvalue weighted by Crippen LogP contribution is -2.15. The highest BCUT2D eigenvalue weighted by Gasteiger charge is 2.14. The van der Waals surface area contributed by atoms with Gasteiger partial charge in [0.1, 0.15) is 10.1 Å². The zero-order valence-corrected chi connectivity index (χ0v) is 14.2. The second kappa shape index (κ2) is 7.57. The van der Waals surface area contributed by atoms with Gasteiger partial charge in [0.25, 0.3) is 0 Å². The number of hydrogen-bond acceptors (Lipinski definition) is 5. The summed E-state index contributed by atoms with van der Waals surface area (Å²) in [6, 6.07) is 15.5. The van der Waals surface area contributed by atoms with E-state index in [1.807, 2.05) is 42.5 Å². The second-order valence-corrected chi connectivity index (χ2v) is 7.02. The number of carbonyl (C=O) groups is 1. The molecule has 4 nitrogen and oxygen atoms in total. The summed E-state index contributed by atoms with van der Waals surface area (Å²) in [5.74, 6) is 1.81. The van der Waals surface area contributed by atoms with Gasteiger partial charge in [0, 0.05) is 5.75 Å². The Hall–Kier alpha value is -1.92. The van der Waals surface area contributed by atoms with E-state index >= 15 is 0 Å². The van der Waals surface area contributed by atoms with Crippen LogP contribution in [0.1, 0.15) is 5.56 Å². The molecule has 118 valence electrons. The maximum atomic E-state index is 12.1. The fourth-order valence-corrected chi connectivity index (χ4v) is 4.01. The van der Waals surface area contributed by atoms with E-state index in [1.165, 1.54) is 17.3 Å². The number of benzene rings is 2. The predicted molar refractivity (Wildman–Crippen MR) is 98.9 cm³/mol. The molecular weight excluding hydrogens is 328 g/mol. The van der Waals surface area contributed by atoms with Crippen molar-refractivity contribution in [2.24, 2.45) is 4.99 Å². The van der Waals surface area contributed by atoms with Crippen LogP contribution in [0.4, 0.5) is 11.4 Å². The van der Waals surface area contributed by atoms with Crippen LogP contribution in [0.25, 0.3) is 0 Å². The normalized spacial score (nSPS) is 13.0. The largest absolute Gasteiger partial charge is 0.495 e. The highest BCUT2D eigenvalue weighted by atomic mass is 32.2. The minimum atomic E-state index is -0.0679. The summed E-state index contributed by atoms with van der Waals surface area (Å²) in [5.41, 5.74) is 2.92. The van der Waals surface area contributed by atoms with Gasteiger partial charge in [-0.05, 0) is 23.8 Å². The topological polar surface area (TPSA) is 50.7 Å². The van der Waals surface area contributed by atoms with E-state index in [1.54, 1.807) is 18.9 Å². The number of nitrogens with zero attached hydrogens (tertiary/aromatic N) is 1. The lowest BCUT2D eigenvalue weighted by atomic mass is 10.2. The van der Waals surface area contributed by atoms with Crippen LogP contribution in [0, 0.1) is 0 Å². The van der Waals surface area contributed by atoms with Crippen LogP contribution in [0.2, 0.25) is 0 Å². The number of para-hydroxylation sites is 3. The lowest BCUT2D eigenvalue weighted by Gasteiger charge is -2.14. The molecule has 2 aromatic carbocycles. The zero-order valence-electron chi connectivity index (χ0n) is 12.6. The van der Waals surface area contributed by atoms with Crippen molar-refractivity contribution < 1.29 is 9.53 Å². The average molecular weight is 344 g/mol. The van der Waals surface area contributed by atoms with E-state index in [-0.39, 0.29) is 5.91 Å². The third-order valence-corrected chi connectivity index (χ3v) is 5.51. The van der Waals surface area contributed by atoms with E-state index < -0.39 is 0 Å². The molecule has 2 aromatic rings. The van der Waals surface area contributed by atoms with Crippen LogP contribution in [-0.2, 0) is 10.5 Å². The van der Waals surface area contributed by atoms with Crippen molar-refractivity contribution in [1.29, 1.82) is 0 Å². The third-order valence-electron chi connectivity index (χ3n) is 3.26. The molecule has 1 N–H and O–H groups in total. The molecule has 23 heavy (non-hydrogen) atoms. The summed E-state index contributed by atoms with van der Waals surface area (Å²) >= 11 is 3.13. The maximum absolute atomic E-state index is 12.1. The summed E-state index contributed by atoms with van der Waals surface area (Å²) in [4.78, 5) is 16.7. The van der Waals surface area contributed by atoms with Crippen LogP contribution >= 0.6 is 23.5 Å². The van der Waals surface area contributed by atoms with Gasteiger partial charge in [-0.3, -0.25) is 4.79 Å². The number of methoxy groups -OCH3 is 1. The Morgan fingerprint density at radius 1 is 1.26 bits per heavy atom. The van der Waals surface area contributed by atoms with Crippen molar-refractivity contribution >= 4 is 45.2 Å². The molecule has 0 spiro atoms. The Morgan fingerprint density at radius 3 is 2.91 bits per heavy atom. The highest BCUT2D eigenvalue weighted by Crippen LogP contribution is 2.34. The summed E-state index contributed by atoms with van der Waals surface area (Å²) in [5, 5.41) is 2.87. The maximum Gasteiger partial charge on any atom is 0.234 e. The lowest BCUT2D eigenvalue weighted by molar-refractivity contribution is -0.113. The van der Waals surface area contributed by atoms with E-state index in [0.717, 1.165) is 15.8 Å².